The number of aliphatic imine (C=N–C) groups is 1. The summed E-state index contributed by atoms with van der Waals surface area (Å²) in [6.07, 6.45) is 7.01. The molecule has 0 unspecified atom stereocenters. The van der Waals surface area contributed by atoms with Crippen LogP contribution in [0.4, 0.5) is 11.5 Å². The van der Waals surface area contributed by atoms with Crippen LogP contribution in [-0.2, 0) is 9.59 Å². The van der Waals surface area contributed by atoms with Crippen LogP contribution in [-0.4, -0.2) is 107 Å². The van der Waals surface area contributed by atoms with Crippen molar-refractivity contribution in [3.63, 3.8) is 0 Å². The summed E-state index contributed by atoms with van der Waals surface area (Å²) in [6, 6.07) is 6.83. The van der Waals surface area contributed by atoms with Crippen molar-refractivity contribution in [2.75, 3.05) is 56.9 Å². The smallest absolute Gasteiger partial charge is 0.236 e. The number of hydrogen-bond acceptors (Lipinski definition) is 11. The molecule has 3 aromatic heterocycles. The van der Waals surface area contributed by atoms with Crippen LogP contribution in [0.2, 0.25) is 0 Å². The van der Waals surface area contributed by atoms with Crippen molar-refractivity contribution in [1.82, 2.24) is 30.1 Å². The Morgan fingerprint density at radius 1 is 1.14 bits per heavy atom. The number of nitrogens with zero attached hydrogens (tertiary/aromatic N) is 7. The average Bonchev–Trinajstić information content (AvgIpc) is 3.79. The molecular formula is C34H45N11O3S. The molecule has 2 saturated heterocycles. The second-order valence-electron chi connectivity index (χ2n) is 12.5. The Morgan fingerprint density at radius 3 is 2.59 bits per heavy atom. The molecular weight excluding hydrogens is 643 g/mol. The van der Waals surface area contributed by atoms with Crippen LogP contribution in [0.5, 0.6) is 5.88 Å². The van der Waals surface area contributed by atoms with Crippen LogP contribution in [0.25, 0.3) is 0 Å². The number of rotatable bonds is 12. The number of anilines is 2. The molecule has 0 bridgehead atoms. The maximum absolute atomic E-state index is 13.8. The van der Waals surface area contributed by atoms with Gasteiger partial charge in [-0.25, -0.2) is 19.9 Å². The predicted molar refractivity (Wildman–Crippen MR) is 192 cm³/mol. The second kappa shape index (κ2) is 16.1. The number of thiazole rings is 1. The Labute approximate surface area is 290 Å². The number of ether oxygens (including phenoxy) is 1. The quantitative estimate of drug-likeness (QED) is 0.163. The van der Waals surface area contributed by atoms with Crippen molar-refractivity contribution >= 4 is 52.5 Å². The minimum atomic E-state index is -0.270. The van der Waals surface area contributed by atoms with E-state index in [2.05, 4.69) is 30.2 Å². The maximum Gasteiger partial charge on any atom is 0.236 e. The number of hydrogen-bond donors (Lipinski definition) is 4. The van der Waals surface area contributed by atoms with Gasteiger partial charge in [-0.15, -0.1) is 11.3 Å². The van der Waals surface area contributed by atoms with Crippen molar-refractivity contribution in [2.24, 2.45) is 10.9 Å². The van der Waals surface area contributed by atoms with E-state index in [1.807, 2.05) is 25.7 Å². The van der Waals surface area contributed by atoms with Crippen LogP contribution < -0.4 is 20.7 Å². The molecule has 0 aliphatic carbocycles. The first kappa shape index (κ1) is 35.5. The van der Waals surface area contributed by atoms with Gasteiger partial charge in [0.15, 0.2) is 5.84 Å². The topological polar surface area (TPSA) is 190 Å². The van der Waals surface area contributed by atoms with Gasteiger partial charge in [0.1, 0.15) is 11.5 Å². The van der Waals surface area contributed by atoms with Crippen molar-refractivity contribution < 1.29 is 14.3 Å². The summed E-state index contributed by atoms with van der Waals surface area (Å²) < 4.78 is 5.61. The number of piperidine rings is 1. The summed E-state index contributed by atoms with van der Waals surface area (Å²) in [4.78, 5) is 50.9. The highest BCUT2D eigenvalue weighted by molar-refractivity contribution is 7.13. The van der Waals surface area contributed by atoms with Crippen LogP contribution in [0, 0.1) is 16.7 Å². The van der Waals surface area contributed by atoms with E-state index < -0.39 is 0 Å². The van der Waals surface area contributed by atoms with Crippen LogP contribution >= 0.6 is 11.3 Å². The average molecular weight is 688 g/mol. The summed E-state index contributed by atoms with van der Waals surface area (Å²) in [7, 11) is 1.74. The van der Waals surface area contributed by atoms with E-state index >= 15 is 0 Å². The van der Waals surface area contributed by atoms with Gasteiger partial charge in [0.2, 0.25) is 17.7 Å². The Kier molecular flexibility index (Phi) is 11.7. The zero-order valence-electron chi connectivity index (χ0n) is 28.5. The molecule has 0 saturated carbocycles. The monoisotopic (exact) mass is 687 g/mol. The van der Waals surface area contributed by atoms with E-state index in [-0.39, 0.29) is 53.5 Å². The molecule has 1 atom stereocenters. The van der Waals surface area contributed by atoms with Gasteiger partial charge in [-0.1, -0.05) is 0 Å². The standard InChI is InChI=1S/C34H45N11O3S/c1-5-45(27-8-7-25(35)31(42-27)30(36)23-6-9-28(39-16-23)48-21(2)3)34(47)24-10-13-43(18-24)19-29(46)44-14-11-22(12-15-44)33-40-17-26(49-33)32(37)41-20-38-4/h6-9,16-17,20-22,24,36H,5,10-15,18-19,35H2,1-4H3,(H2,37,38,41)/t24-/m1/s1. The van der Waals surface area contributed by atoms with Gasteiger partial charge < -0.3 is 20.7 Å². The van der Waals surface area contributed by atoms with Crippen molar-refractivity contribution in [3.05, 3.63) is 57.8 Å². The summed E-state index contributed by atoms with van der Waals surface area (Å²) >= 11 is 1.49. The maximum atomic E-state index is 13.8. The summed E-state index contributed by atoms with van der Waals surface area (Å²) in [5.41, 5.74) is 7.49. The fourth-order valence-electron chi connectivity index (χ4n) is 6.06. The Balaban J connectivity index is 1.14. The largest absolute Gasteiger partial charge is 0.475 e. The third kappa shape index (κ3) is 8.64. The molecule has 2 fully saturated rings. The number of amidine groups is 1. The van der Waals surface area contributed by atoms with Gasteiger partial charge in [-0.3, -0.25) is 30.2 Å². The molecule has 5 N–H and O–H groups in total. The Hall–Kier alpha value is -4.76. The number of amides is 2. The molecule has 0 spiro atoms. The first-order valence-electron chi connectivity index (χ1n) is 16.6. The molecule has 2 amide bonds. The van der Waals surface area contributed by atoms with E-state index in [0.29, 0.717) is 62.1 Å². The molecule has 2 aliphatic heterocycles. The van der Waals surface area contributed by atoms with E-state index in [9.17, 15) is 9.59 Å². The highest BCUT2D eigenvalue weighted by Gasteiger charge is 2.34. The minimum absolute atomic E-state index is 0.0164. The van der Waals surface area contributed by atoms with Crippen molar-refractivity contribution in [3.8, 4) is 5.88 Å². The highest BCUT2D eigenvalue weighted by atomic mass is 32.1. The zero-order chi connectivity index (χ0) is 35.1. The molecule has 3 aromatic rings. The normalized spacial score (nSPS) is 17.1. The summed E-state index contributed by atoms with van der Waals surface area (Å²) in [5.74, 6) is 1.08. The van der Waals surface area contributed by atoms with Gasteiger partial charge in [-0.05, 0) is 64.8 Å². The number of pyridine rings is 2. The SMILES string of the molecule is CCN(C(=O)[C@@H]1CCN(CC(=O)N2CCC(c3ncc(C(=N)/N=C\NC)s3)CC2)C1)c1ccc(N)c(C(=N)c2ccc(OC(C)C)nc2)n1. The van der Waals surface area contributed by atoms with E-state index in [1.54, 1.807) is 48.6 Å². The Morgan fingerprint density at radius 2 is 1.92 bits per heavy atom. The lowest BCUT2D eigenvalue weighted by Crippen LogP contribution is -2.44. The number of carbonyl (C=O) groups excluding carboxylic acids is 2. The van der Waals surface area contributed by atoms with Gasteiger partial charge in [-0.2, -0.15) is 0 Å². The fraction of sp³-hybridized carbons (Fsp3) is 0.471. The predicted octanol–water partition coefficient (Wildman–Crippen LogP) is 3.37. The fourth-order valence-corrected chi connectivity index (χ4v) is 7.05. The van der Waals surface area contributed by atoms with Gasteiger partial charge in [0.25, 0.3) is 0 Å². The first-order chi connectivity index (χ1) is 23.6. The third-order valence-corrected chi connectivity index (χ3v) is 9.81. The number of likely N-dealkylation sites (tertiary alicyclic amines) is 2. The molecule has 0 aromatic carbocycles. The molecule has 14 nitrogen and oxygen atoms in total. The lowest BCUT2D eigenvalue weighted by Gasteiger charge is -2.32. The number of nitrogens with one attached hydrogen (secondary N) is 3. The molecule has 5 rings (SSSR count). The minimum Gasteiger partial charge on any atom is -0.475 e. The molecule has 0 radical (unpaired) electrons. The Bertz CT molecular complexity index is 1680. The highest BCUT2D eigenvalue weighted by Crippen LogP contribution is 2.32. The van der Waals surface area contributed by atoms with Gasteiger partial charge in [0.05, 0.1) is 46.2 Å². The van der Waals surface area contributed by atoms with Crippen LogP contribution in [0.1, 0.15) is 67.1 Å². The lowest BCUT2D eigenvalue weighted by atomic mass is 9.97. The molecule has 260 valence electrons. The molecule has 15 heteroatoms. The van der Waals surface area contributed by atoms with E-state index in [1.165, 1.54) is 17.7 Å². The summed E-state index contributed by atoms with van der Waals surface area (Å²) in [5, 5.41) is 20.6. The summed E-state index contributed by atoms with van der Waals surface area (Å²) in [6.45, 7) is 8.87. The van der Waals surface area contributed by atoms with Crippen LogP contribution in [0.3, 0.4) is 0 Å². The van der Waals surface area contributed by atoms with Crippen molar-refractivity contribution in [1.29, 1.82) is 10.8 Å². The second-order valence-corrected chi connectivity index (χ2v) is 13.5. The molecule has 5 heterocycles. The number of nitrogens with two attached hydrogens (primary N) is 1. The number of nitrogen functional groups attached to an aromatic ring is 1. The van der Waals surface area contributed by atoms with Gasteiger partial charge in [0, 0.05) is 63.2 Å². The molecule has 2 aliphatic rings. The van der Waals surface area contributed by atoms with Gasteiger partial charge >= 0.3 is 0 Å². The molecule has 49 heavy (non-hydrogen) atoms. The number of aromatic nitrogens is 3. The lowest BCUT2D eigenvalue weighted by molar-refractivity contribution is -0.133. The third-order valence-electron chi connectivity index (χ3n) is 8.65. The first-order valence-corrected chi connectivity index (χ1v) is 17.4. The van der Waals surface area contributed by atoms with E-state index in [4.69, 9.17) is 21.3 Å². The van der Waals surface area contributed by atoms with Crippen LogP contribution in [0.15, 0.2) is 41.7 Å². The zero-order valence-corrected chi connectivity index (χ0v) is 29.3. The van der Waals surface area contributed by atoms with Crippen molar-refractivity contribution in [2.45, 2.75) is 52.1 Å². The number of carbonyl (C=O) groups is 2. The van der Waals surface area contributed by atoms with E-state index in [0.717, 1.165) is 22.7 Å².